The first-order valence-electron chi connectivity index (χ1n) is 8.23. The molecule has 1 aliphatic rings. The number of carbonyl (C=O) groups excluding carboxylic acids is 1. The zero-order valence-electron chi connectivity index (χ0n) is 13.7. The zero-order valence-corrected chi connectivity index (χ0v) is 14.5. The van der Waals surface area contributed by atoms with Gasteiger partial charge >= 0.3 is 0 Å². The maximum Gasteiger partial charge on any atom is 0.257 e. The van der Waals surface area contributed by atoms with Crippen molar-refractivity contribution < 1.29 is 9.53 Å². The van der Waals surface area contributed by atoms with E-state index in [4.69, 9.17) is 4.74 Å². The lowest BCUT2D eigenvalue weighted by Gasteiger charge is -2.20. The minimum atomic E-state index is -0.0394. The highest BCUT2D eigenvalue weighted by atomic mass is 32.2. The molecule has 0 saturated heterocycles. The Labute approximate surface area is 138 Å². The standard InChI is InChI=1S/C18H27NO2S/c1-14-8-9-16(12-15(14)2)21-13-18(20)19-10-11-22-17-6-4-3-5-7-17/h8-9,12,17H,3-7,10-11,13H2,1-2H3,(H,19,20). The van der Waals surface area contributed by atoms with E-state index in [1.165, 1.54) is 43.2 Å². The maximum absolute atomic E-state index is 11.8. The van der Waals surface area contributed by atoms with E-state index in [2.05, 4.69) is 12.2 Å². The Kier molecular flexibility index (Phi) is 7.10. The Bertz CT molecular complexity index is 484. The molecule has 0 unspecified atom stereocenters. The van der Waals surface area contributed by atoms with Crippen molar-refractivity contribution in [3.05, 3.63) is 29.3 Å². The summed E-state index contributed by atoms with van der Waals surface area (Å²) < 4.78 is 5.53. The highest BCUT2D eigenvalue weighted by Crippen LogP contribution is 2.27. The normalized spacial score (nSPS) is 15.5. The third-order valence-corrected chi connectivity index (χ3v) is 5.56. The predicted molar refractivity (Wildman–Crippen MR) is 93.8 cm³/mol. The van der Waals surface area contributed by atoms with Gasteiger partial charge in [-0.25, -0.2) is 0 Å². The lowest BCUT2D eigenvalue weighted by Crippen LogP contribution is -2.31. The molecule has 0 atom stereocenters. The van der Waals surface area contributed by atoms with Crippen LogP contribution in [0.15, 0.2) is 18.2 Å². The first-order valence-corrected chi connectivity index (χ1v) is 9.28. The molecule has 1 fully saturated rings. The Morgan fingerprint density at radius 1 is 1.23 bits per heavy atom. The highest BCUT2D eigenvalue weighted by Gasteiger charge is 2.13. The third-order valence-electron chi connectivity index (χ3n) is 4.18. The number of carbonyl (C=O) groups is 1. The summed E-state index contributed by atoms with van der Waals surface area (Å²) in [6.07, 6.45) is 6.81. The van der Waals surface area contributed by atoms with Gasteiger partial charge in [-0.05, 0) is 49.9 Å². The summed E-state index contributed by atoms with van der Waals surface area (Å²) in [4.78, 5) is 11.8. The lowest BCUT2D eigenvalue weighted by atomic mass is 10.0. The van der Waals surface area contributed by atoms with Crippen LogP contribution in [-0.4, -0.2) is 30.1 Å². The Morgan fingerprint density at radius 2 is 2.00 bits per heavy atom. The van der Waals surface area contributed by atoms with Gasteiger partial charge in [0.1, 0.15) is 5.75 Å². The molecule has 0 aromatic heterocycles. The molecule has 1 aliphatic carbocycles. The summed E-state index contributed by atoms with van der Waals surface area (Å²) in [5, 5.41) is 3.74. The number of ether oxygens (including phenoxy) is 1. The van der Waals surface area contributed by atoms with Gasteiger partial charge in [0.15, 0.2) is 6.61 Å². The van der Waals surface area contributed by atoms with E-state index < -0.39 is 0 Å². The van der Waals surface area contributed by atoms with E-state index in [9.17, 15) is 4.79 Å². The van der Waals surface area contributed by atoms with Crippen LogP contribution in [0, 0.1) is 13.8 Å². The number of hydrogen-bond donors (Lipinski definition) is 1. The Morgan fingerprint density at radius 3 is 2.73 bits per heavy atom. The van der Waals surface area contributed by atoms with Crippen LogP contribution in [-0.2, 0) is 4.79 Å². The Balaban J connectivity index is 1.58. The maximum atomic E-state index is 11.8. The van der Waals surface area contributed by atoms with Crippen LogP contribution in [0.1, 0.15) is 43.2 Å². The fraction of sp³-hybridized carbons (Fsp3) is 0.611. The molecule has 2 rings (SSSR count). The van der Waals surface area contributed by atoms with E-state index in [0.717, 1.165) is 23.3 Å². The average Bonchev–Trinajstić information content (AvgIpc) is 2.54. The second-order valence-electron chi connectivity index (χ2n) is 6.02. The highest BCUT2D eigenvalue weighted by molar-refractivity contribution is 7.99. The summed E-state index contributed by atoms with van der Waals surface area (Å²) in [6, 6.07) is 5.90. The minimum absolute atomic E-state index is 0.0394. The van der Waals surface area contributed by atoms with Crippen LogP contribution in [0.5, 0.6) is 5.75 Å². The number of thioether (sulfide) groups is 1. The van der Waals surface area contributed by atoms with Crippen molar-refractivity contribution in [1.29, 1.82) is 0 Å². The van der Waals surface area contributed by atoms with Crippen molar-refractivity contribution in [2.24, 2.45) is 0 Å². The van der Waals surface area contributed by atoms with Gasteiger partial charge in [0.05, 0.1) is 0 Å². The molecular weight excluding hydrogens is 294 g/mol. The molecule has 0 aliphatic heterocycles. The van der Waals surface area contributed by atoms with Crippen LogP contribution in [0.25, 0.3) is 0 Å². The number of amides is 1. The van der Waals surface area contributed by atoms with Crippen LogP contribution < -0.4 is 10.1 Å². The molecular formula is C18H27NO2S. The smallest absolute Gasteiger partial charge is 0.257 e. The molecule has 1 aromatic rings. The van der Waals surface area contributed by atoms with Gasteiger partial charge in [-0.2, -0.15) is 11.8 Å². The van der Waals surface area contributed by atoms with Crippen molar-refractivity contribution in [3.8, 4) is 5.75 Å². The minimum Gasteiger partial charge on any atom is -0.484 e. The second-order valence-corrected chi connectivity index (χ2v) is 7.42. The summed E-state index contributed by atoms with van der Waals surface area (Å²) >= 11 is 2.00. The molecule has 0 heterocycles. The van der Waals surface area contributed by atoms with Crippen LogP contribution in [0.2, 0.25) is 0 Å². The molecule has 0 bridgehead atoms. The fourth-order valence-corrected chi connectivity index (χ4v) is 3.87. The largest absolute Gasteiger partial charge is 0.484 e. The number of aryl methyl sites for hydroxylation is 2. The SMILES string of the molecule is Cc1ccc(OCC(=O)NCCSC2CCCCC2)cc1C. The summed E-state index contributed by atoms with van der Waals surface area (Å²) in [5.41, 5.74) is 2.42. The topological polar surface area (TPSA) is 38.3 Å². The number of nitrogens with one attached hydrogen (secondary N) is 1. The molecule has 0 spiro atoms. The lowest BCUT2D eigenvalue weighted by molar-refractivity contribution is -0.122. The molecule has 3 nitrogen and oxygen atoms in total. The molecule has 0 radical (unpaired) electrons. The van der Waals surface area contributed by atoms with Crippen LogP contribution >= 0.6 is 11.8 Å². The summed E-state index contributed by atoms with van der Waals surface area (Å²) in [5.74, 6) is 1.72. The Hall–Kier alpha value is -1.16. The molecule has 1 amide bonds. The van der Waals surface area contributed by atoms with E-state index in [1.807, 2.05) is 36.9 Å². The van der Waals surface area contributed by atoms with Gasteiger partial charge in [0, 0.05) is 17.5 Å². The molecule has 1 N–H and O–H groups in total. The second kappa shape index (κ2) is 9.09. The molecule has 4 heteroatoms. The van der Waals surface area contributed by atoms with E-state index >= 15 is 0 Å². The molecule has 1 saturated carbocycles. The summed E-state index contributed by atoms with van der Waals surface area (Å²) in [6.45, 7) is 4.94. The van der Waals surface area contributed by atoms with Gasteiger partial charge in [-0.1, -0.05) is 25.3 Å². The van der Waals surface area contributed by atoms with Gasteiger partial charge in [0.2, 0.25) is 0 Å². The number of hydrogen-bond acceptors (Lipinski definition) is 3. The van der Waals surface area contributed by atoms with Crippen LogP contribution in [0.4, 0.5) is 0 Å². The van der Waals surface area contributed by atoms with Crippen molar-refractivity contribution in [2.45, 2.75) is 51.2 Å². The van der Waals surface area contributed by atoms with Crippen molar-refractivity contribution in [1.82, 2.24) is 5.32 Å². The molecule has 1 aromatic carbocycles. The van der Waals surface area contributed by atoms with Gasteiger partial charge < -0.3 is 10.1 Å². The van der Waals surface area contributed by atoms with E-state index in [1.54, 1.807) is 0 Å². The van der Waals surface area contributed by atoms with Crippen molar-refractivity contribution in [2.75, 3.05) is 18.9 Å². The zero-order chi connectivity index (χ0) is 15.8. The van der Waals surface area contributed by atoms with Gasteiger partial charge in [-0.15, -0.1) is 0 Å². The van der Waals surface area contributed by atoms with E-state index in [0.29, 0.717) is 0 Å². The first kappa shape index (κ1) is 17.2. The first-order chi connectivity index (χ1) is 10.6. The molecule has 22 heavy (non-hydrogen) atoms. The van der Waals surface area contributed by atoms with Crippen molar-refractivity contribution in [3.63, 3.8) is 0 Å². The average molecular weight is 321 g/mol. The predicted octanol–water partition coefficient (Wildman–Crippen LogP) is 3.86. The third kappa shape index (κ3) is 5.91. The van der Waals surface area contributed by atoms with Gasteiger partial charge in [0.25, 0.3) is 5.91 Å². The van der Waals surface area contributed by atoms with E-state index in [-0.39, 0.29) is 12.5 Å². The monoisotopic (exact) mass is 321 g/mol. The number of benzene rings is 1. The number of rotatable bonds is 7. The fourth-order valence-electron chi connectivity index (χ4n) is 2.65. The quantitative estimate of drug-likeness (QED) is 0.775. The van der Waals surface area contributed by atoms with Gasteiger partial charge in [-0.3, -0.25) is 4.79 Å². The summed E-state index contributed by atoms with van der Waals surface area (Å²) in [7, 11) is 0. The van der Waals surface area contributed by atoms with Crippen molar-refractivity contribution >= 4 is 17.7 Å². The van der Waals surface area contributed by atoms with Crippen LogP contribution in [0.3, 0.4) is 0 Å². The molecule has 122 valence electrons.